The molecule has 0 radical (unpaired) electrons. The Kier molecular flexibility index (Phi) is 4.29. The SMILES string of the molecule is CC(SS)c1nc(C(C)(C)C)c(C#N)c2c1CCC2(F)F. The third kappa shape index (κ3) is 2.78. The first-order valence-corrected chi connectivity index (χ1v) is 8.72. The standard InChI is InChI=1S/C15H18F2N2S2/c1-8(21-20)12-9-5-6-15(16,17)11(9)10(7-18)13(19-12)14(2,3)4/h8,20H,5-6H2,1-4H3. The summed E-state index contributed by atoms with van der Waals surface area (Å²) >= 11 is 4.19. The van der Waals surface area contributed by atoms with Gasteiger partial charge in [0, 0.05) is 17.4 Å². The number of nitriles is 1. The van der Waals surface area contributed by atoms with Gasteiger partial charge in [-0.05, 0) is 18.9 Å². The summed E-state index contributed by atoms with van der Waals surface area (Å²) in [5.74, 6) is -2.95. The molecular formula is C15H18F2N2S2. The molecule has 0 fully saturated rings. The maximum atomic E-state index is 14.3. The molecule has 1 aliphatic carbocycles. The van der Waals surface area contributed by atoms with Crippen LogP contribution in [0.25, 0.3) is 0 Å². The Morgan fingerprint density at radius 2 is 2.05 bits per heavy atom. The molecule has 0 amide bonds. The number of fused-ring (bicyclic) bond motifs is 1. The largest absolute Gasteiger partial charge is 0.275 e. The van der Waals surface area contributed by atoms with E-state index < -0.39 is 11.3 Å². The predicted octanol–water partition coefficient (Wildman–Crippen LogP) is 4.93. The van der Waals surface area contributed by atoms with Crippen LogP contribution >= 0.6 is 22.5 Å². The molecule has 1 atom stereocenters. The normalized spacial score (nSPS) is 18.2. The van der Waals surface area contributed by atoms with Crippen molar-refractivity contribution in [2.24, 2.45) is 0 Å². The highest BCUT2D eigenvalue weighted by Crippen LogP contribution is 2.48. The number of aromatic nitrogens is 1. The second-order valence-electron chi connectivity index (χ2n) is 6.39. The smallest absolute Gasteiger partial charge is 0.254 e. The first-order chi connectivity index (χ1) is 9.63. The van der Waals surface area contributed by atoms with Gasteiger partial charge in [-0.2, -0.15) is 5.26 Å². The second-order valence-corrected chi connectivity index (χ2v) is 7.94. The minimum atomic E-state index is -2.95. The Hall–Kier alpha value is -0.800. The van der Waals surface area contributed by atoms with Crippen LogP contribution in [0.1, 0.15) is 67.4 Å². The van der Waals surface area contributed by atoms with Crippen molar-refractivity contribution in [3.63, 3.8) is 0 Å². The molecule has 2 rings (SSSR count). The topological polar surface area (TPSA) is 36.7 Å². The van der Waals surface area contributed by atoms with Crippen molar-refractivity contribution in [1.82, 2.24) is 4.98 Å². The molecule has 114 valence electrons. The van der Waals surface area contributed by atoms with E-state index in [-0.39, 0.29) is 29.2 Å². The first kappa shape index (κ1) is 16.6. The van der Waals surface area contributed by atoms with Crippen LogP contribution in [0.4, 0.5) is 8.78 Å². The number of pyridine rings is 1. The molecule has 1 aromatic heterocycles. The zero-order valence-corrected chi connectivity index (χ0v) is 14.2. The molecule has 0 aliphatic heterocycles. The lowest BCUT2D eigenvalue weighted by Crippen LogP contribution is -2.22. The molecule has 0 saturated heterocycles. The molecular weight excluding hydrogens is 310 g/mol. The molecule has 0 saturated carbocycles. The van der Waals surface area contributed by atoms with Gasteiger partial charge in [0.15, 0.2) is 0 Å². The van der Waals surface area contributed by atoms with Crippen LogP contribution in [0.2, 0.25) is 0 Å². The van der Waals surface area contributed by atoms with Crippen molar-refractivity contribution in [1.29, 1.82) is 5.26 Å². The van der Waals surface area contributed by atoms with Crippen LogP contribution in [0.5, 0.6) is 0 Å². The fourth-order valence-corrected chi connectivity index (χ4v) is 3.34. The van der Waals surface area contributed by atoms with Crippen LogP contribution in [-0.4, -0.2) is 4.98 Å². The molecule has 21 heavy (non-hydrogen) atoms. The summed E-state index contributed by atoms with van der Waals surface area (Å²) in [5.41, 5.74) is 1.13. The van der Waals surface area contributed by atoms with Gasteiger partial charge in [-0.15, -0.1) is 11.7 Å². The predicted molar refractivity (Wildman–Crippen MR) is 84.9 cm³/mol. The first-order valence-electron chi connectivity index (χ1n) is 6.79. The van der Waals surface area contributed by atoms with E-state index in [1.54, 1.807) is 0 Å². The molecule has 0 bridgehead atoms. The van der Waals surface area contributed by atoms with Gasteiger partial charge in [-0.1, -0.05) is 31.6 Å². The lowest BCUT2D eigenvalue weighted by atomic mass is 9.85. The molecule has 0 aromatic carbocycles. The lowest BCUT2D eigenvalue weighted by molar-refractivity contribution is -0.00224. The Morgan fingerprint density at radius 1 is 1.43 bits per heavy atom. The van der Waals surface area contributed by atoms with E-state index >= 15 is 0 Å². The highest BCUT2D eigenvalue weighted by molar-refractivity contribution is 8.68. The van der Waals surface area contributed by atoms with Gasteiger partial charge in [-0.25, -0.2) is 8.78 Å². The van der Waals surface area contributed by atoms with Crippen molar-refractivity contribution in [2.75, 3.05) is 0 Å². The highest BCUT2D eigenvalue weighted by atomic mass is 33.1. The summed E-state index contributed by atoms with van der Waals surface area (Å²) in [5, 5.41) is 9.33. The van der Waals surface area contributed by atoms with E-state index in [2.05, 4.69) is 16.6 Å². The summed E-state index contributed by atoms with van der Waals surface area (Å²) < 4.78 is 28.6. The summed E-state index contributed by atoms with van der Waals surface area (Å²) in [6.07, 6.45) is 0.0195. The van der Waals surface area contributed by atoms with E-state index in [0.717, 1.165) is 0 Å². The van der Waals surface area contributed by atoms with Gasteiger partial charge in [0.05, 0.1) is 22.2 Å². The molecule has 1 aromatic rings. The number of thiol groups is 1. The third-order valence-electron chi connectivity index (χ3n) is 3.75. The van der Waals surface area contributed by atoms with E-state index in [0.29, 0.717) is 17.0 Å². The zero-order valence-electron chi connectivity index (χ0n) is 12.5. The van der Waals surface area contributed by atoms with Crippen molar-refractivity contribution in [3.05, 3.63) is 28.1 Å². The Morgan fingerprint density at radius 3 is 2.52 bits per heavy atom. The summed E-state index contributed by atoms with van der Waals surface area (Å²) in [6.45, 7) is 7.56. The molecule has 0 N–H and O–H groups in total. The maximum Gasteiger partial charge on any atom is 0.275 e. The van der Waals surface area contributed by atoms with Gasteiger partial charge in [0.2, 0.25) is 0 Å². The summed E-state index contributed by atoms with van der Waals surface area (Å²) in [6, 6.07) is 1.97. The number of alkyl halides is 2. The average Bonchev–Trinajstić information content (AvgIpc) is 2.71. The quantitative estimate of drug-likeness (QED) is 0.618. The molecule has 1 unspecified atom stereocenters. The van der Waals surface area contributed by atoms with Crippen molar-refractivity contribution < 1.29 is 8.78 Å². The van der Waals surface area contributed by atoms with Crippen LogP contribution in [0, 0.1) is 11.3 Å². The van der Waals surface area contributed by atoms with Crippen LogP contribution < -0.4 is 0 Å². The minimum Gasteiger partial charge on any atom is -0.254 e. The van der Waals surface area contributed by atoms with Crippen molar-refractivity contribution in [2.45, 2.75) is 57.1 Å². The minimum absolute atomic E-state index is 0.0557. The molecule has 6 heteroatoms. The molecule has 1 heterocycles. The third-order valence-corrected chi connectivity index (χ3v) is 5.24. The van der Waals surface area contributed by atoms with Gasteiger partial charge >= 0.3 is 0 Å². The maximum absolute atomic E-state index is 14.3. The average molecular weight is 328 g/mol. The van der Waals surface area contributed by atoms with Crippen LogP contribution in [0.15, 0.2) is 0 Å². The Bertz CT molecular complexity index is 616. The molecule has 1 aliphatic rings. The number of rotatable bonds is 2. The summed E-state index contributed by atoms with van der Waals surface area (Å²) in [4.78, 5) is 4.60. The van der Waals surface area contributed by atoms with Crippen molar-refractivity contribution >= 4 is 22.5 Å². The van der Waals surface area contributed by atoms with E-state index in [4.69, 9.17) is 0 Å². The fourth-order valence-electron chi connectivity index (χ4n) is 2.74. The monoisotopic (exact) mass is 328 g/mol. The number of halogens is 2. The van der Waals surface area contributed by atoms with Gasteiger partial charge in [0.25, 0.3) is 5.92 Å². The van der Waals surface area contributed by atoms with Gasteiger partial charge < -0.3 is 0 Å². The van der Waals surface area contributed by atoms with Crippen LogP contribution in [0.3, 0.4) is 0 Å². The van der Waals surface area contributed by atoms with Crippen molar-refractivity contribution in [3.8, 4) is 6.07 Å². The van der Waals surface area contributed by atoms with E-state index in [9.17, 15) is 14.0 Å². The Balaban J connectivity index is 2.86. The molecule has 2 nitrogen and oxygen atoms in total. The van der Waals surface area contributed by atoms with Gasteiger partial charge in [0.1, 0.15) is 6.07 Å². The second kappa shape index (κ2) is 5.44. The van der Waals surface area contributed by atoms with E-state index in [1.807, 2.05) is 33.8 Å². The fraction of sp³-hybridized carbons (Fsp3) is 0.600. The number of hydrogen-bond donors (Lipinski definition) is 1. The Labute approximate surface area is 133 Å². The van der Waals surface area contributed by atoms with E-state index in [1.165, 1.54) is 10.8 Å². The lowest BCUT2D eigenvalue weighted by Gasteiger charge is -2.25. The summed E-state index contributed by atoms with van der Waals surface area (Å²) in [7, 11) is 1.28. The number of hydrogen-bond acceptors (Lipinski definition) is 4. The zero-order chi connectivity index (χ0) is 16.0. The molecule has 0 spiro atoms. The number of nitrogens with zero attached hydrogens (tertiary/aromatic N) is 2. The van der Waals surface area contributed by atoms with Crippen LogP contribution in [-0.2, 0) is 17.8 Å². The van der Waals surface area contributed by atoms with Gasteiger partial charge in [-0.3, -0.25) is 4.98 Å². The highest BCUT2D eigenvalue weighted by Gasteiger charge is 2.45.